The van der Waals surface area contributed by atoms with Gasteiger partial charge >= 0.3 is 5.97 Å². The molecule has 1 aromatic carbocycles. The number of benzene rings is 1. The van der Waals surface area contributed by atoms with E-state index in [4.69, 9.17) is 9.84 Å². The van der Waals surface area contributed by atoms with Crippen LogP contribution < -0.4 is 10.1 Å². The van der Waals surface area contributed by atoms with Crippen molar-refractivity contribution in [3.63, 3.8) is 0 Å². The van der Waals surface area contributed by atoms with Gasteiger partial charge in [-0.15, -0.1) is 0 Å². The first-order valence-electron chi connectivity index (χ1n) is 7.33. The lowest BCUT2D eigenvalue weighted by molar-refractivity contribution is -0.145. The molecule has 118 valence electrons. The zero-order valence-electron chi connectivity index (χ0n) is 12.8. The van der Waals surface area contributed by atoms with Crippen molar-refractivity contribution in [2.24, 2.45) is 0 Å². The number of hydrogen-bond donors (Lipinski definition) is 3. The zero-order valence-corrected chi connectivity index (χ0v) is 12.8. The lowest BCUT2D eigenvalue weighted by Crippen LogP contribution is -2.50. The van der Waals surface area contributed by atoms with Gasteiger partial charge in [-0.2, -0.15) is 0 Å². The lowest BCUT2D eigenvalue weighted by atomic mass is 9.91. The monoisotopic (exact) mass is 295 g/mol. The normalized spacial score (nSPS) is 13.7. The largest absolute Gasteiger partial charge is 0.494 e. The summed E-state index contributed by atoms with van der Waals surface area (Å²) in [6, 6.07) is 7.58. The van der Waals surface area contributed by atoms with Crippen LogP contribution in [0.3, 0.4) is 0 Å². The molecule has 0 bridgehead atoms. The van der Waals surface area contributed by atoms with Gasteiger partial charge in [0.1, 0.15) is 11.3 Å². The van der Waals surface area contributed by atoms with E-state index < -0.39 is 11.5 Å². The van der Waals surface area contributed by atoms with E-state index >= 15 is 0 Å². The third-order valence-corrected chi connectivity index (χ3v) is 3.83. The molecule has 21 heavy (non-hydrogen) atoms. The Kier molecular flexibility index (Phi) is 7.19. The highest BCUT2D eigenvalue weighted by Gasteiger charge is 2.34. The topological polar surface area (TPSA) is 78.8 Å². The second-order valence-corrected chi connectivity index (χ2v) is 5.06. The number of aliphatic hydroxyl groups is 1. The van der Waals surface area contributed by atoms with E-state index in [-0.39, 0.29) is 6.61 Å². The predicted octanol–water partition coefficient (Wildman–Crippen LogP) is 1.83. The first-order chi connectivity index (χ1) is 10.1. The molecule has 3 N–H and O–H groups in total. The molecule has 5 nitrogen and oxygen atoms in total. The molecule has 1 aromatic rings. The Morgan fingerprint density at radius 2 is 2.00 bits per heavy atom. The van der Waals surface area contributed by atoms with E-state index in [1.54, 1.807) is 7.05 Å². The number of rotatable bonds is 10. The van der Waals surface area contributed by atoms with Crippen LogP contribution in [-0.4, -0.2) is 42.0 Å². The Labute approximate surface area is 125 Å². The van der Waals surface area contributed by atoms with Crippen LogP contribution in [0, 0.1) is 0 Å². The average molecular weight is 295 g/mol. The van der Waals surface area contributed by atoms with E-state index in [1.165, 1.54) is 0 Å². The van der Waals surface area contributed by atoms with Crippen LogP contribution in [0.1, 0.15) is 31.7 Å². The van der Waals surface area contributed by atoms with E-state index in [1.807, 2.05) is 31.2 Å². The smallest absolute Gasteiger partial charge is 0.323 e. The minimum Gasteiger partial charge on any atom is -0.494 e. The summed E-state index contributed by atoms with van der Waals surface area (Å²) >= 11 is 0. The summed E-state index contributed by atoms with van der Waals surface area (Å²) in [6.45, 7) is 2.49. The first-order valence-corrected chi connectivity index (χ1v) is 7.33. The number of ether oxygens (including phenoxy) is 1. The summed E-state index contributed by atoms with van der Waals surface area (Å²) in [5, 5.41) is 21.0. The summed E-state index contributed by atoms with van der Waals surface area (Å²) in [5.41, 5.74) is 0.199. The van der Waals surface area contributed by atoms with Crippen molar-refractivity contribution in [3.8, 4) is 5.75 Å². The van der Waals surface area contributed by atoms with Crippen LogP contribution in [0.5, 0.6) is 5.75 Å². The van der Waals surface area contributed by atoms with Crippen molar-refractivity contribution < 1.29 is 19.7 Å². The minimum atomic E-state index is -0.867. The van der Waals surface area contributed by atoms with Crippen LogP contribution >= 0.6 is 0 Å². The van der Waals surface area contributed by atoms with Crippen LogP contribution in [0.15, 0.2) is 24.3 Å². The molecule has 0 aliphatic rings. The van der Waals surface area contributed by atoms with Crippen molar-refractivity contribution in [1.82, 2.24) is 5.32 Å². The highest BCUT2D eigenvalue weighted by atomic mass is 16.5. The van der Waals surface area contributed by atoms with Crippen molar-refractivity contribution in [2.75, 3.05) is 20.3 Å². The van der Waals surface area contributed by atoms with Crippen LogP contribution in [0.25, 0.3) is 0 Å². The predicted molar refractivity (Wildman–Crippen MR) is 81.7 cm³/mol. The molecule has 1 atom stereocenters. The second-order valence-electron chi connectivity index (χ2n) is 5.06. The Morgan fingerprint density at radius 3 is 2.48 bits per heavy atom. The Bertz CT molecular complexity index is 426. The molecule has 0 aromatic heterocycles. The molecule has 0 spiro atoms. The van der Waals surface area contributed by atoms with E-state index in [2.05, 4.69) is 5.32 Å². The summed E-state index contributed by atoms with van der Waals surface area (Å²) in [7, 11) is 1.68. The fraction of sp³-hybridized carbons (Fsp3) is 0.562. The van der Waals surface area contributed by atoms with E-state index in [0.29, 0.717) is 32.3 Å². The maximum atomic E-state index is 11.3. The standard InChI is InChI=1S/C16H25NO4/c1-3-16(17-2,15(19)20)10-4-12-21-14-7-5-13(6-8-14)9-11-18/h5-8,17-18H,3-4,9-12H2,1-2H3,(H,19,20). The number of hydrogen-bond acceptors (Lipinski definition) is 4. The third kappa shape index (κ3) is 5.02. The quantitative estimate of drug-likeness (QED) is 0.574. The summed E-state index contributed by atoms with van der Waals surface area (Å²) in [4.78, 5) is 11.3. The SMILES string of the molecule is CCC(CCCOc1ccc(CCO)cc1)(NC)C(=O)O. The van der Waals surface area contributed by atoms with Gasteiger partial charge in [-0.05, 0) is 50.4 Å². The molecule has 0 radical (unpaired) electrons. The van der Waals surface area contributed by atoms with Gasteiger partial charge in [-0.25, -0.2) is 0 Å². The Morgan fingerprint density at radius 1 is 1.33 bits per heavy atom. The number of likely N-dealkylation sites (N-methyl/N-ethyl adjacent to an activating group) is 1. The van der Waals surface area contributed by atoms with Crippen LogP contribution in [0.2, 0.25) is 0 Å². The fourth-order valence-corrected chi connectivity index (χ4v) is 2.29. The molecule has 0 saturated carbocycles. The van der Waals surface area contributed by atoms with Crippen molar-refractivity contribution in [1.29, 1.82) is 0 Å². The van der Waals surface area contributed by atoms with Gasteiger partial charge in [0.15, 0.2) is 0 Å². The molecular weight excluding hydrogens is 270 g/mol. The number of carboxylic acids is 1. The number of aliphatic hydroxyl groups excluding tert-OH is 1. The Hall–Kier alpha value is -1.59. The highest BCUT2D eigenvalue weighted by molar-refractivity contribution is 5.78. The zero-order chi connectivity index (χ0) is 15.7. The second kappa shape index (κ2) is 8.64. The molecule has 1 rings (SSSR count). The molecule has 0 aliphatic heterocycles. The van der Waals surface area contributed by atoms with Gasteiger partial charge in [-0.1, -0.05) is 19.1 Å². The van der Waals surface area contributed by atoms with Gasteiger partial charge in [0.25, 0.3) is 0 Å². The fourth-order valence-electron chi connectivity index (χ4n) is 2.29. The number of carboxylic acid groups (broad SMARTS) is 1. The highest BCUT2D eigenvalue weighted by Crippen LogP contribution is 2.18. The van der Waals surface area contributed by atoms with Gasteiger partial charge in [0.05, 0.1) is 6.61 Å². The third-order valence-electron chi connectivity index (χ3n) is 3.83. The van der Waals surface area contributed by atoms with Crippen molar-refractivity contribution >= 4 is 5.97 Å². The van der Waals surface area contributed by atoms with Gasteiger partial charge in [0.2, 0.25) is 0 Å². The number of aliphatic carboxylic acids is 1. The maximum Gasteiger partial charge on any atom is 0.323 e. The molecule has 0 aliphatic carbocycles. The van der Waals surface area contributed by atoms with Crippen LogP contribution in [0.4, 0.5) is 0 Å². The van der Waals surface area contributed by atoms with Gasteiger partial charge < -0.3 is 20.3 Å². The average Bonchev–Trinajstić information content (AvgIpc) is 2.49. The minimum absolute atomic E-state index is 0.137. The molecule has 0 saturated heterocycles. The molecule has 0 fully saturated rings. The van der Waals surface area contributed by atoms with Crippen molar-refractivity contribution in [2.45, 2.75) is 38.1 Å². The lowest BCUT2D eigenvalue weighted by Gasteiger charge is -2.27. The summed E-state index contributed by atoms with van der Waals surface area (Å²) in [6.07, 6.45) is 2.37. The molecule has 0 amide bonds. The van der Waals surface area contributed by atoms with E-state index in [0.717, 1.165) is 11.3 Å². The number of nitrogens with one attached hydrogen (secondary N) is 1. The van der Waals surface area contributed by atoms with Gasteiger partial charge in [-0.3, -0.25) is 4.79 Å². The molecular formula is C16H25NO4. The Balaban J connectivity index is 2.41. The summed E-state index contributed by atoms with van der Waals surface area (Å²) in [5.74, 6) is -0.0561. The van der Waals surface area contributed by atoms with Crippen molar-refractivity contribution in [3.05, 3.63) is 29.8 Å². The number of carbonyl (C=O) groups is 1. The van der Waals surface area contributed by atoms with E-state index in [9.17, 15) is 9.90 Å². The maximum absolute atomic E-state index is 11.3. The molecule has 0 heterocycles. The summed E-state index contributed by atoms with van der Waals surface area (Å²) < 4.78 is 5.62. The van der Waals surface area contributed by atoms with Gasteiger partial charge in [0, 0.05) is 6.61 Å². The molecule has 5 heteroatoms. The molecule has 1 unspecified atom stereocenters. The first kappa shape index (κ1) is 17.5. The van der Waals surface area contributed by atoms with Crippen LogP contribution in [-0.2, 0) is 11.2 Å².